The monoisotopic (exact) mass is 348 g/mol. The molecule has 0 saturated heterocycles. The molecule has 132 valence electrons. The fourth-order valence-corrected chi connectivity index (χ4v) is 2.85. The molecule has 0 unspecified atom stereocenters. The molecular weight excluding hydrogens is 328 g/mol. The third kappa shape index (κ3) is 3.57. The van der Waals surface area contributed by atoms with Crippen molar-refractivity contribution < 1.29 is 4.42 Å². The van der Waals surface area contributed by atoms with Crippen molar-refractivity contribution in [3.05, 3.63) is 60.6 Å². The summed E-state index contributed by atoms with van der Waals surface area (Å²) in [7, 11) is 1.92. The molecule has 0 aliphatic rings. The predicted octanol–water partition coefficient (Wildman–Crippen LogP) is 2.83. The van der Waals surface area contributed by atoms with Crippen molar-refractivity contribution in [1.82, 2.24) is 25.1 Å². The summed E-state index contributed by atoms with van der Waals surface area (Å²) in [6.45, 7) is 2.23. The molecule has 26 heavy (non-hydrogen) atoms. The van der Waals surface area contributed by atoms with Crippen molar-refractivity contribution in [3.8, 4) is 11.5 Å². The minimum absolute atomic E-state index is 0.638. The number of para-hydroxylation sites is 1. The smallest absolute Gasteiger partial charge is 0.222 e. The minimum Gasteiger partial charge on any atom is -0.454 e. The first-order valence-corrected chi connectivity index (χ1v) is 8.53. The Hall–Kier alpha value is -3.19. The van der Waals surface area contributed by atoms with Gasteiger partial charge in [0, 0.05) is 56.2 Å². The van der Waals surface area contributed by atoms with Crippen molar-refractivity contribution in [2.45, 2.75) is 6.54 Å². The number of furan rings is 1. The topological polar surface area (TPSA) is 80.8 Å². The molecule has 3 heterocycles. The van der Waals surface area contributed by atoms with Crippen molar-refractivity contribution in [2.24, 2.45) is 7.05 Å². The number of hydrogen-bond acceptors (Lipinski definition) is 6. The maximum absolute atomic E-state index is 5.96. The summed E-state index contributed by atoms with van der Waals surface area (Å²) in [5, 5.41) is 12.2. The van der Waals surface area contributed by atoms with E-state index in [4.69, 9.17) is 4.42 Å². The third-order valence-electron chi connectivity index (χ3n) is 4.03. The van der Waals surface area contributed by atoms with E-state index < -0.39 is 0 Å². The van der Waals surface area contributed by atoms with Crippen LogP contribution in [-0.4, -0.2) is 32.8 Å². The SMILES string of the molecule is Cn1cc(CNCCNc2ncccn2)c(-c2cc3ccccc3o2)n1. The molecule has 0 aliphatic carbocycles. The zero-order chi connectivity index (χ0) is 17.8. The highest BCUT2D eigenvalue weighted by molar-refractivity contribution is 5.82. The Morgan fingerprint density at radius 1 is 1.08 bits per heavy atom. The van der Waals surface area contributed by atoms with Crippen LogP contribution in [0, 0.1) is 0 Å². The molecule has 0 radical (unpaired) electrons. The molecule has 2 N–H and O–H groups in total. The van der Waals surface area contributed by atoms with Gasteiger partial charge in [0.1, 0.15) is 11.3 Å². The Morgan fingerprint density at radius 3 is 2.77 bits per heavy atom. The van der Waals surface area contributed by atoms with Crippen molar-refractivity contribution in [2.75, 3.05) is 18.4 Å². The minimum atomic E-state index is 0.638. The van der Waals surface area contributed by atoms with Gasteiger partial charge in [-0.15, -0.1) is 0 Å². The number of aryl methyl sites for hydroxylation is 1. The van der Waals surface area contributed by atoms with E-state index in [9.17, 15) is 0 Å². The summed E-state index contributed by atoms with van der Waals surface area (Å²) in [6, 6.07) is 11.8. The molecule has 0 amide bonds. The molecule has 0 bridgehead atoms. The molecule has 7 heteroatoms. The fraction of sp³-hybridized carbons (Fsp3) is 0.211. The molecule has 4 rings (SSSR count). The van der Waals surface area contributed by atoms with Crippen LogP contribution >= 0.6 is 0 Å². The lowest BCUT2D eigenvalue weighted by Crippen LogP contribution is -2.22. The number of anilines is 1. The van der Waals surface area contributed by atoms with Gasteiger partial charge in [0.2, 0.25) is 5.95 Å². The molecule has 0 atom stereocenters. The Kier molecular flexibility index (Phi) is 4.61. The Labute approximate surface area is 151 Å². The molecule has 0 aliphatic heterocycles. The van der Waals surface area contributed by atoms with Crippen molar-refractivity contribution in [3.63, 3.8) is 0 Å². The highest BCUT2D eigenvalue weighted by atomic mass is 16.3. The molecular formula is C19H20N6O. The summed E-state index contributed by atoms with van der Waals surface area (Å²) in [5.41, 5.74) is 2.84. The molecule has 0 fully saturated rings. The van der Waals surface area contributed by atoms with E-state index in [2.05, 4.69) is 25.7 Å². The van der Waals surface area contributed by atoms with Crippen LogP contribution in [0.1, 0.15) is 5.56 Å². The largest absolute Gasteiger partial charge is 0.454 e. The van der Waals surface area contributed by atoms with E-state index in [-0.39, 0.29) is 0 Å². The normalized spacial score (nSPS) is 11.1. The van der Waals surface area contributed by atoms with Crippen LogP contribution in [0.5, 0.6) is 0 Å². The molecule has 7 nitrogen and oxygen atoms in total. The average Bonchev–Trinajstić information content (AvgIpc) is 3.25. The van der Waals surface area contributed by atoms with E-state index in [1.165, 1.54) is 0 Å². The van der Waals surface area contributed by atoms with Crippen LogP contribution < -0.4 is 10.6 Å². The van der Waals surface area contributed by atoms with Crippen LogP contribution in [0.3, 0.4) is 0 Å². The fourth-order valence-electron chi connectivity index (χ4n) is 2.85. The highest BCUT2D eigenvalue weighted by Crippen LogP contribution is 2.28. The van der Waals surface area contributed by atoms with E-state index in [1.54, 1.807) is 18.5 Å². The summed E-state index contributed by atoms with van der Waals surface area (Å²) in [4.78, 5) is 8.27. The second kappa shape index (κ2) is 7.37. The molecule has 0 spiro atoms. The zero-order valence-electron chi connectivity index (χ0n) is 14.5. The molecule has 4 aromatic rings. The van der Waals surface area contributed by atoms with Crippen LogP contribution in [0.15, 0.2) is 59.4 Å². The van der Waals surface area contributed by atoms with Crippen LogP contribution in [0.2, 0.25) is 0 Å². The van der Waals surface area contributed by atoms with Crippen LogP contribution in [0.25, 0.3) is 22.4 Å². The zero-order valence-corrected chi connectivity index (χ0v) is 14.5. The van der Waals surface area contributed by atoms with Crippen molar-refractivity contribution in [1.29, 1.82) is 0 Å². The van der Waals surface area contributed by atoms with Gasteiger partial charge in [0.25, 0.3) is 0 Å². The molecule has 3 aromatic heterocycles. The number of hydrogen-bond donors (Lipinski definition) is 2. The average molecular weight is 348 g/mol. The van der Waals surface area contributed by atoms with Crippen LogP contribution in [-0.2, 0) is 13.6 Å². The van der Waals surface area contributed by atoms with E-state index in [0.29, 0.717) is 12.5 Å². The van der Waals surface area contributed by atoms with Gasteiger partial charge < -0.3 is 15.1 Å². The second-order valence-electron chi connectivity index (χ2n) is 6.00. The predicted molar refractivity (Wildman–Crippen MR) is 101 cm³/mol. The van der Waals surface area contributed by atoms with Gasteiger partial charge in [-0.05, 0) is 18.2 Å². The summed E-state index contributed by atoms with van der Waals surface area (Å²) in [5.74, 6) is 1.43. The van der Waals surface area contributed by atoms with E-state index in [1.807, 2.05) is 48.3 Å². The number of benzene rings is 1. The summed E-state index contributed by atoms with van der Waals surface area (Å²) < 4.78 is 7.78. The van der Waals surface area contributed by atoms with Gasteiger partial charge >= 0.3 is 0 Å². The van der Waals surface area contributed by atoms with E-state index in [0.717, 1.165) is 41.1 Å². The van der Waals surface area contributed by atoms with Gasteiger partial charge in [-0.2, -0.15) is 5.10 Å². The van der Waals surface area contributed by atoms with Gasteiger partial charge in [-0.1, -0.05) is 18.2 Å². The maximum atomic E-state index is 5.96. The lowest BCUT2D eigenvalue weighted by molar-refractivity contribution is 0.623. The Morgan fingerprint density at radius 2 is 1.92 bits per heavy atom. The van der Waals surface area contributed by atoms with Gasteiger partial charge in [0.15, 0.2) is 5.76 Å². The maximum Gasteiger partial charge on any atom is 0.222 e. The lowest BCUT2D eigenvalue weighted by atomic mass is 10.2. The standard InChI is InChI=1S/C19H20N6O/c1-25-13-15(12-20-9-10-23-19-21-7-4-8-22-19)18(24-25)17-11-14-5-2-3-6-16(14)26-17/h2-8,11,13,20H,9-10,12H2,1H3,(H,21,22,23). The number of nitrogens with one attached hydrogen (secondary N) is 2. The quantitative estimate of drug-likeness (QED) is 0.500. The first kappa shape index (κ1) is 16.3. The summed E-state index contributed by atoms with van der Waals surface area (Å²) in [6.07, 6.45) is 5.46. The van der Waals surface area contributed by atoms with Crippen molar-refractivity contribution >= 4 is 16.9 Å². The molecule has 1 aromatic carbocycles. The highest BCUT2D eigenvalue weighted by Gasteiger charge is 2.14. The Balaban J connectivity index is 1.39. The summed E-state index contributed by atoms with van der Waals surface area (Å²) >= 11 is 0. The van der Waals surface area contributed by atoms with Gasteiger partial charge in [-0.25, -0.2) is 9.97 Å². The second-order valence-corrected chi connectivity index (χ2v) is 6.00. The number of rotatable bonds is 7. The third-order valence-corrected chi connectivity index (χ3v) is 4.03. The van der Waals surface area contributed by atoms with Crippen LogP contribution in [0.4, 0.5) is 5.95 Å². The number of nitrogens with zero attached hydrogens (tertiary/aromatic N) is 4. The van der Waals surface area contributed by atoms with E-state index >= 15 is 0 Å². The van der Waals surface area contributed by atoms with Gasteiger partial charge in [-0.3, -0.25) is 4.68 Å². The Bertz CT molecular complexity index is 959. The number of aromatic nitrogens is 4. The first-order valence-electron chi connectivity index (χ1n) is 8.53. The first-order chi connectivity index (χ1) is 12.8. The van der Waals surface area contributed by atoms with Gasteiger partial charge in [0.05, 0.1) is 0 Å². The lowest BCUT2D eigenvalue weighted by Gasteiger charge is -2.06. The number of fused-ring (bicyclic) bond motifs is 1. The molecule has 0 saturated carbocycles.